The molecule has 4 rings (SSSR count). The molecule has 132 valence electrons. The van der Waals surface area contributed by atoms with Crippen molar-refractivity contribution in [2.75, 3.05) is 13.2 Å². The highest BCUT2D eigenvalue weighted by molar-refractivity contribution is 7.14. The number of aryl methyl sites for hydroxylation is 1. The Balaban J connectivity index is 1.79. The van der Waals surface area contributed by atoms with Gasteiger partial charge in [-0.15, -0.1) is 16.4 Å². The summed E-state index contributed by atoms with van der Waals surface area (Å²) in [4.78, 5) is 5.50. The topological polar surface area (TPSA) is 82.5 Å². The highest BCUT2D eigenvalue weighted by atomic mass is 32.1. The minimum absolute atomic E-state index is 0.353. The molecule has 0 bridgehead atoms. The van der Waals surface area contributed by atoms with Crippen LogP contribution < -0.4 is 9.47 Å². The van der Waals surface area contributed by atoms with E-state index in [0.717, 1.165) is 16.4 Å². The van der Waals surface area contributed by atoms with Gasteiger partial charge in [0.1, 0.15) is 23.9 Å². The van der Waals surface area contributed by atoms with Crippen LogP contribution in [0.4, 0.5) is 0 Å². The molecule has 8 heteroatoms. The summed E-state index contributed by atoms with van der Waals surface area (Å²) in [6, 6.07) is 3.72. The molecule has 0 spiro atoms. The van der Waals surface area contributed by atoms with E-state index in [1.807, 2.05) is 31.4 Å². The van der Waals surface area contributed by atoms with Crippen LogP contribution in [0.1, 0.15) is 19.1 Å². The number of hydrogen-bond acceptors (Lipinski definition) is 7. The minimum Gasteiger partial charge on any atom is -0.485 e. The number of furan rings is 1. The van der Waals surface area contributed by atoms with E-state index < -0.39 is 6.10 Å². The fourth-order valence-electron chi connectivity index (χ4n) is 2.64. The SMILES string of the molecule is CCC(O)Cn1nc(-c2ccc(C)o2)nc1-c1scc2c1OCCO2. The molecule has 3 aromatic rings. The second-order valence-corrected chi connectivity index (χ2v) is 6.75. The Bertz CT molecular complexity index is 882. The molecule has 25 heavy (non-hydrogen) atoms. The number of thiophene rings is 1. The Labute approximate surface area is 148 Å². The predicted molar refractivity (Wildman–Crippen MR) is 93.1 cm³/mol. The molecule has 0 amide bonds. The van der Waals surface area contributed by atoms with Crippen molar-refractivity contribution in [2.24, 2.45) is 0 Å². The minimum atomic E-state index is -0.500. The van der Waals surface area contributed by atoms with Crippen LogP contribution in [0.3, 0.4) is 0 Å². The van der Waals surface area contributed by atoms with Crippen molar-refractivity contribution in [1.29, 1.82) is 0 Å². The second kappa shape index (κ2) is 6.53. The maximum absolute atomic E-state index is 10.1. The van der Waals surface area contributed by atoms with Crippen LogP contribution in [0.25, 0.3) is 22.3 Å². The van der Waals surface area contributed by atoms with Crippen LogP contribution in [0.2, 0.25) is 0 Å². The lowest BCUT2D eigenvalue weighted by molar-refractivity contribution is 0.145. The molecule has 0 aromatic carbocycles. The lowest BCUT2D eigenvalue weighted by Crippen LogP contribution is -2.17. The molecular weight excluding hydrogens is 342 g/mol. The average molecular weight is 361 g/mol. The molecule has 0 fully saturated rings. The number of aliphatic hydroxyl groups excluding tert-OH is 1. The maximum Gasteiger partial charge on any atom is 0.217 e. The third kappa shape index (κ3) is 3.03. The van der Waals surface area contributed by atoms with Gasteiger partial charge in [-0.05, 0) is 25.5 Å². The van der Waals surface area contributed by atoms with Crippen LogP contribution in [-0.2, 0) is 6.54 Å². The molecule has 7 nitrogen and oxygen atoms in total. The third-order valence-corrected chi connectivity index (χ3v) is 4.93. The molecule has 3 aromatic heterocycles. The maximum atomic E-state index is 10.1. The van der Waals surface area contributed by atoms with Crippen LogP contribution in [0.15, 0.2) is 21.9 Å². The van der Waals surface area contributed by atoms with Gasteiger partial charge in [-0.2, -0.15) is 0 Å². The van der Waals surface area contributed by atoms with Gasteiger partial charge in [0.05, 0.1) is 12.6 Å². The van der Waals surface area contributed by atoms with E-state index in [9.17, 15) is 5.11 Å². The van der Waals surface area contributed by atoms with E-state index in [1.165, 1.54) is 11.3 Å². The summed E-state index contributed by atoms with van der Waals surface area (Å²) in [5.74, 6) is 3.96. The number of nitrogens with zero attached hydrogens (tertiary/aromatic N) is 3. The first-order chi connectivity index (χ1) is 12.2. The summed E-state index contributed by atoms with van der Waals surface area (Å²) in [6.07, 6.45) is 0.135. The molecule has 0 saturated carbocycles. The quantitative estimate of drug-likeness (QED) is 0.752. The largest absolute Gasteiger partial charge is 0.485 e. The predicted octanol–water partition coefficient (Wildman–Crippen LogP) is 3.12. The van der Waals surface area contributed by atoms with Crippen molar-refractivity contribution >= 4 is 11.3 Å². The number of rotatable bonds is 5. The van der Waals surface area contributed by atoms with E-state index in [4.69, 9.17) is 13.9 Å². The van der Waals surface area contributed by atoms with Crippen LogP contribution in [-0.4, -0.2) is 39.2 Å². The van der Waals surface area contributed by atoms with Gasteiger partial charge in [-0.1, -0.05) is 6.92 Å². The van der Waals surface area contributed by atoms with Crippen LogP contribution in [0, 0.1) is 6.92 Å². The van der Waals surface area contributed by atoms with Crippen molar-refractivity contribution in [3.8, 4) is 33.8 Å². The van der Waals surface area contributed by atoms with Crippen LogP contribution >= 0.6 is 11.3 Å². The summed E-state index contributed by atoms with van der Waals surface area (Å²) < 4.78 is 18.8. The van der Waals surface area contributed by atoms with Crippen LogP contribution in [0.5, 0.6) is 11.5 Å². The Kier molecular flexibility index (Phi) is 4.22. The lowest BCUT2D eigenvalue weighted by Gasteiger charge is -2.16. The molecule has 1 aliphatic rings. The first-order valence-corrected chi connectivity index (χ1v) is 9.11. The summed E-state index contributed by atoms with van der Waals surface area (Å²) in [5, 5.41) is 16.6. The number of ether oxygens (including phenoxy) is 2. The summed E-state index contributed by atoms with van der Waals surface area (Å²) in [5.41, 5.74) is 0. The highest BCUT2D eigenvalue weighted by Crippen LogP contribution is 2.45. The van der Waals surface area contributed by atoms with E-state index in [2.05, 4.69) is 10.1 Å². The standard InChI is InChI=1S/C17H19N3O4S/c1-3-11(21)8-20-17(15-14-13(9-25-15)22-6-7-23-14)18-16(19-20)12-5-4-10(2)24-12/h4-5,9,11,21H,3,6-8H2,1-2H3. The Morgan fingerprint density at radius 1 is 1.32 bits per heavy atom. The van der Waals surface area contributed by atoms with Gasteiger partial charge in [0, 0.05) is 5.38 Å². The number of fused-ring (bicyclic) bond motifs is 1. The van der Waals surface area contributed by atoms with Crippen molar-refractivity contribution < 1.29 is 19.0 Å². The molecule has 0 radical (unpaired) electrons. The van der Waals surface area contributed by atoms with Gasteiger partial charge in [-0.3, -0.25) is 0 Å². The normalized spacial score (nSPS) is 14.7. The average Bonchev–Trinajstić information content (AvgIpc) is 3.32. The molecule has 0 saturated heterocycles. The van der Waals surface area contributed by atoms with Gasteiger partial charge in [-0.25, -0.2) is 9.67 Å². The molecule has 0 aliphatic carbocycles. The monoisotopic (exact) mass is 361 g/mol. The Hall–Kier alpha value is -2.32. The molecular formula is C17H19N3O4S. The van der Waals surface area contributed by atoms with E-state index in [1.54, 1.807) is 4.68 Å². The number of hydrogen-bond donors (Lipinski definition) is 1. The molecule has 1 unspecified atom stereocenters. The van der Waals surface area contributed by atoms with E-state index in [-0.39, 0.29) is 0 Å². The zero-order valence-electron chi connectivity index (χ0n) is 14.1. The second-order valence-electron chi connectivity index (χ2n) is 5.87. The fourth-order valence-corrected chi connectivity index (χ4v) is 3.57. The van der Waals surface area contributed by atoms with Crippen molar-refractivity contribution in [1.82, 2.24) is 14.8 Å². The highest BCUT2D eigenvalue weighted by Gasteiger charge is 2.26. The number of aliphatic hydroxyl groups is 1. The lowest BCUT2D eigenvalue weighted by atomic mass is 10.3. The number of aromatic nitrogens is 3. The fraction of sp³-hybridized carbons (Fsp3) is 0.412. The van der Waals surface area contributed by atoms with Gasteiger partial charge in [0.15, 0.2) is 23.1 Å². The van der Waals surface area contributed by atoms with Gasteiger partial charge >= 0.3 is 0 Å². The molecule has 1 atom stereocenters. The van der Waals surface area contributed by atoms with Gasteiger partial charge in [0.25, 0.3) is 0 Å². The summed E-state index contributed by atoms with van der Waals surface area (Å²) in [6.45, 7) is 5.21. The summed E-state index contributed by atoms with van der Waals surface area (Å²) in [7, 11) is 0. The molecule has 1 aliphatic heterocycles. The zero-order chi connectivity index (χ0) is 17.4. The zero-order valence-corrected chi connectivity index (χ0v) is 14.9. The Morgan fingerprint density at radius 3 is 2.92 bits per heavy atom. The third-order valence-electron chi connectivity index (χ3n) is 3.99. The van der Waals surface area contributed by atoms with E-state index >= 15 is 0 Å². The molecule has 1 N–H and O–H groups in total. The van der Waals surface area contributed by atoms with Crippen molar-refractivity contribution in [3.05, 3.63) is 23.3 Å². The first kappa shape index (κ1) is 16.2. The van der Waals surface area contributed by atoms with Crippen molar-refractivity contribution in [2.45, 2.75) is 32.9 Å². The summed E-state index contributed by atoms with van der Waals surface area (Å²) >= 11 is 1.50. The smallest absolute Gasteiger partial charge is 0.217 e. The van der Waals surface area contributed by atoms with E-state index in [0.29, 0.717) is 49.3 Å². The van der Waals surface area contributed by atoms with Gasteiger partial charge < -0.3 is 19.0 Å². The Morgan fingerprint density at radius 2 is 2.16 bits per heavy atom. The van der Waals surface area contributed by atoms with Gasteiger partial charge in [0.2, 0.25) is 5.82 Å². The molecule has 4 heterocycles. The first-order valence-electron chi connectivity index (χ1n) is 8.23. The van der Waals surface area contributed by atoms with Crippen molar-refractivity contribution in [3.63, 3.8) is 0 Å².